The van der Waals surface area contributed by atoms with Gasteiger partial charge in [0.1, 0.15) is 61.3 Å². The third-order valence-electron chi connectivity index (χ3n) is 19.3. The first-order chi connectivity index (χ1) is 67.4. The molecular formula is C100H195BrCl2K2N14O30. The molecule has 4 saturated heterocycles. The van der Waals surface area contributed by atoms with E-state index in [2.05, 4.69) is 41.3 Å². The van der Waals surface area contributed by atoms with Crippen LogP contribution in [0.25, 0.3) is 0 Å². The fourth-order valence-electron chi connectivity index (χ4n) is 13.2. The second-order valence-corrected chi connectivity index (χ2v) is 47.4. The molecule has 44 nitrogen and oxygen atoms in total. The SMILES string of the molecule is CC(C)(C)OC(=O)CBr.CC(C)(C)OC(=O)CN1CCN(CC(=O)OC(C)(C)C)CCN(CC(O)CCl)CCN(CC(=O)OC(C)(C)C)CC1.CC(C)(C)OC(=O)CN1CCN(CC(=O)OC(C)(C)C)CCN(CC(O)CNC(CO)CO)CCN(CC(=O)OC(C)(C)C)CC1.CC(C)(C)OC(=O)CN1CCNCCN(CC(=O)OC(C)(C)C)CCN(CC(=O)OC(C)(C)C)CC1.ClCC1CO1.NC(CO)CO.O=CO[O-].[H-].[K+].[K+]. The number of rotatable bonds is 33. The Morgan fingerprint density at radius 2 is 0.530 bits per heavy atom. The van der Waals surface area contributed by atoms with E-state index in [1.807, 2.05) is 252 Å². The smallest absolute Gasteiger partial charge is 1.00 e. The van der Waals surface area contributed by atoms with Crippen LogP contribution >= 0.6 is 39.1 Å². The van der Waals surface area contributed by atoms with Crippen LogP contribution in [-0.4, -0.2) is 523 Å². The van der Waals surface area contributed by atoms with Crippen LogP contribution < -0.4 is 124 Å². The van der Waals surface area contributed by atoms with Gasteiger partial charge in [-0.25, -0.2) is 0 Å². The number of epoxide rings is 1. The average Bonchev–Trinajstić information content (AvgIpc) is 1.57. The van der Waals surface area contributed by atoms with Crippen molar-refractivity contribution in [2.75, 3.05) is 286 Å². The topological polar surface area (TPSA) is 532 Å². The van der Waals surface area contributed by atoms with Crippen molar-refractivity contribution >= 4 is 105 Å². The summed E-state index contributed by atoms with van der Waals surface area (Å²) in [7, 11) is 0. The van der Waals surface area contributed by atoms with Crippen LogP contribution in [0.4, 0.5) is 0 Å². The normalized spacial score (nSPS) is 17.8. The van der Waals surface area contributed by atoms with Crippen molar-refractivity contribution in [1.82, 2.24) is 64.5 Å². The summed E-state index contributed by atoms with van der Waals surface area (Å²) in [6, 6.07) is -0.983. The molecule has 0 spiro atoms. The van der Waals surface area contributed by atoms with Crippen LogP contribution in [0, 0.1) is 0 Å². The first-order valence-corrected chi connectivity index (χ1v) is 52.8. The number of carbonyl (C=O) groups excluding carboxylic acids is 11. The zero-order chi connectivity index (χ0) is 114. The van der Waals surface area contributed by atoms with Gasteiger partial charge in [-0.3, -0.25) is 107 Å². The number of aliphatic hydroxyl groups excluding tert-OH is 6. The maximum Gasteiger partial charge on any atom is 1.00 e. The maximum atomic E-state index is 12.8. The first-order valence-electron chi connectivity index (χ1n) is 50.6. The molecule has 868 valence electrons. The van der Waals surface area contributed by atoms with Gasteiger partial charge in [0.25, 0.3) is 6.47 Å². The number of β-amino-alcohol motifs (C(OH)–C–C–N with tert-alkyl or cyclic N) is 2. The zero-order valence-corrected chi connectivity index (χ0v) is 106. The molecule has 10 N–H and O–H groups in total. The standard InChI is InChI=1S/C32H63N5O9.C29H55ClN4O7.C26H50N4O6.C6H11BrO2.C3H5ClO.C3H9NO2.CH2O3.2K.H/c1-30(2,3)44-27(41)20-35-12-10-34(19-26(40)18-33-25(23-38)24-39)11-13-36(21-28(42)45-31(4,5)6)15-17-37(16-14-35)22-29(43)46-32(7,8)9;1-27(2,3)39-24(36)20-32-12-10-31(19-23(35)18-30)11-13-33(21-25(37)40-28(4,5)6)15-17-34(16-14-32)22-26(38)41-29(7,8)9;1-24(2,3)34-21(31)18-28-12-10-27-11-13-29(19-22(32)35-25(4,5)6)15-17-30(16-14-28)20-23(33)36-26(7,8)9;1-6(2,3)9-5(8)4-7;4-1-3-2-5-3;4-3(1-5)2-6;2-1-4-3;;;/h25-26,33,38-40H,10-24H2,1-9H3;23,35H,10-22H2,1-9H3;27H,10-20H2,1-9H3;4H2,1-3H3;3H,1-2H2;3,5-6H,1-2,4H2;1,3H;;;/q;;;;;;;2*+1;-1/p-1. The molecule has 0 aromatic heterocycles. The third-order valence-corrected chi connectivity index (χ3v) is 20.5. The largest absolute Gasteiger partial charge is 1.00 e. The van der Waals surface area contributed by atoms with Crippen LogP contribution in [0.2, 0.25) is 0 Å². The predicted molar refractivity (Wildman–Crippen MR) is 566 cm³/mol. The van der Waals surface area contributed by atoms with E-state index in [0.29, 0.717) is 182 Å². The number of nitrogens with one attached hydrogen (secondary N) is 2. The number of alkyl halides is 3. The van der Waals surface area contributed by atoms with E-state index >= 15 is 0 Å². The van der Waals surface area contributed by atoms with Crippen LogP contribution in [-0.2, 0) is 110 Å². The number of esters is 10. The minimum absolute atomic E-state index is 0. The molecule has 4 rings (SSSR count). The summed E-state index contributed by atoms with van der Waals surface area (Å²) in [5, 5.41) is 71.0. The van der Waals surface area contributed by atoms with Crippen LogP contribution in [0.1, 0.15) is 209 Å². The van der Waals surface area contributed by atoms with Crippen molar-refractivity contribution in [2.45, 2.75) is 294 Å². The second kappa shape index (κ2) is 80.4. The maximum absolute atomic E-state index is 12.8. The zero-order valence-electron chi connectivity index (χ0n) is 97.7. The molecule has 49 heteroatoms. The molecule has 0 amide bonds. The molecule has 0 aromatic carbocycles. The van der Waals surface area contributed by atoms with Gasteiger partial charge in [-0.05, 0) is 208 Å². The Bertz CT molecular complexity index is 3520. The number of carbonyl (C=O) groups is 11. The van der Waals surface area contributed by atoms with E-state index in [1.54, 1.807) is 0 Å². The van der Waals surface area contributed by atoms with E-state index in [1.165, 1.54) is 0 Å². The quantitative estimate of drug-likeness (QED) is 0.00443. The first kappa shape index (κ1) is 155. The summed E-state index contributed by atoms with van der Waals surface area (Å²) in [6.45, 7) is 70.0. The van der Waals surface area contributed by atoms with E-state index < -0.39 is 74.7 Å². The Morgan fingerprint density at radius 1 is 0.356 bits per heavy atom. The van der Waals surface area contributed by atoms with Crippen molar-refractivity contribution in [2.24, 2.45) is 5.73 Å². The second-order valence-electron chi connectivity index (χ2n) is 46.2. The van der Waals surface area contributed by atoms with Gasteiger partial charge >= 0.3 is 162 Å². The summed E-state index contributed by atoms with van der Waals surface area (Å²) in [5.74, 6) is -2.30. The Morgan fingerprint density at radius 3 is 0.658 bits per heavy atom. The molecule has 0 aromatic rings. The Kier molecular flexibility index (Phi) is 83.7. The molecule has 3 unspecified atom stereocenters. The van der Waals surface area contributed by atoms with Gasteiger partial charge in [-0.15, -0.1) is 23.2 Å². The van der Waals surface area contributed by atoms with Crippen LogP contribution in [0.15, 0.2) is 0 Å². The van der Waals surface area contributed by atoms with Gasteiger partial charge in [0.15, 0.2) is 0 Å². The summed E-state index contributed by atoms with van der Waals surface area (Å²) < 4.78 is 59.6. The molecule has 0 radical (unpaired) electrons. The number of nitrogens with zero attached hydrogens (tertiary/aromatic N) is 11. The average molecular weight is 2300 g/mol. The van der Waals surface area contributed by atoms with Gasteiger partial charge in [0.2, 0.25) is 0 Å². The van der Waals surface area contributed by atoms with Gasteiger partial charge in [-0.2, -0.15) is 0 Å². The minimum atomic E-state index is -0.795. The third kappa shape index (κ3) is 101. The van der Waals surface area contributed by atoms with Crippen molar-refractivity contribution < 1.29 is 250 Å². The summed E-state index contributed by atoms with van der Waals surface area (Å²) in [4.78, 5) is 158. The van der Waals surface area contributed by atoms with E-state index in [0.717, 1.165) is 6.61 Å². The van der Waals surface area contributed by atoms with E-state index in [9.17, 15) is 68.4 Å². The summed E-state index contributed by atoms with van der Waals surface area (Å²) >= 11 is 14.2. The molecule has 4 aliphatic rings. The number of hydrogen-bond acceptors (Lipinski definition) is 44. The van der Waals surface area contributed by atoms with Gasteiger partial charge < -0.3 is 111 Å². The molecule has 149 heavy (non-hydrogen) atoms. The van der Waals surface area contributed by atoms with Crippen LogP contribution in [0.5, 0.6) is 0 Å². The number of hydrogen-bond donors (Lipinski definition) is 9. The number of ether oxygens (including phenoxy) is 11. The monoisotopic (exact) mass is 2300 g/mol. The number of nitrogens with two attached hydrogens (primary N) is 1. The van der Waals surface area contributed by atoms with Gasteiger partial charge in [0, 0.05) is 183 Å². The Hall–Kier alpha value is -2.38. The molecule has 0 saturated carbocycles. The van der Waals surface area contributed by atoms with Gasteiger partial charge in [0.05, 0.1) is 128 Å². The Balaban J connectivity index is -0.000000461. The fraction of sp³-hybridized carbons (Fsp3) is 0.890. The van der Waals surface area contributed by atoms with E-state index in [4.69, 9.17) is 101 Å². The molecular weight excluding hydrogens is 2110 g/mol. The van der Waals surface area contributed by atoms with Crippen molar-refractivity contribution in [3.8, 4) is 0 Å². The molecule has 3 atom stereocenters. The molecule has 4 fully saturated rings. The van der Waals surface area contributed by atoms with Crippen LogP contribution in [0.3, 0.4) is 0 Å². The van der Waals surface area contributed by atoms with Crippen molar-refractivity contribution in [1.29, 1.82) is 0 Å². The number of aliphatic hydroxyl groups is 6. The molecule has 0 aliphatic carbocycles. The number of halogens is 3. The molecule has 4 heterocycles. The van der Waals surface area contributed by atoms with Gasteiger partial charge in [-0.1, -0.05) is 15.9 Å². The Labute approximate surface area is 995 Å². The molecule has 0 bridgehead atoms. The summed E-state index contributed by atoms with van der Waals surface area (Å²) in [6.07, 6.45) is -1.10. The van der Waals surface area contributed by atoms with Crippen molar-refractivity contribution in [3.05, 3.63) is 0 Å². The minimum Gasteiger partial charge on any atom is -1.00 e. The fourth-order valence-corrected chi connectivity index (χ4v) is 13.6. The van der Waals surface area contributed by atoms with Crippen molar-refractivity contribution in [3.63, 3.8) is 0 Å². The predicted octanol–water partition coefficient (Wildman–Crippen LogP) is -3.91. The molecule has 4 aliphatic heterocycles. The van der Waals surface area contributed by atoms with E-state index in [-0.39, 0.29) is 279 Å². The summed E-state index contributed by atoms with van der Waals surface area (Å²) in [5.41, 5.74) is -0.721.